The maximum absolute atomic E-state index is 12.7. The number of hydrogen-bond donors (Lipinski definition) is 1. The molecule has 3 rings (SSSR count). The topological polar surface area (TPSA) is 52.7 Å². The number of carbonyl (C=O) groups excluding carboxylic acids is 2. The minimum absolute atomic E-state index is 0.135. The van der Waals surface area contributed by atoms with Crippen LogP contribution < -0.4 is 10.2 Å². The molecule has 2 aromatic carbocycles. The zero-order valence-corrected chi connectivity index (χ0v) is 14.8. The number of nitrogens with zero attached hydrogens (tertiary/aromatic N) is 2. The van der Waals surface area contributed by atoms with Crippen molar-refractivity contribution in [1.82, 2.24) is 4.90 Å². The minimum Gasteiger partial charge on any atom is -0.378 e. The largest absolute Gasteiger partial charge is 0.378 e. The van der Waals surface area contributed by atoms with E-state index in [4.69, 9.17) is 0 Å². The normalized spacial score (nSPS) is 18.4. The highest BCUT2D eigenvalue weighted by Gasteiger charge is 2.41. The first kappa shape index (κ1) is 17.0. The van der Waals surface area contributed by atoms with Crippen molar-refractivity contribution < 1.29 is 9.59 Å². The van der Waals surface area contributed by atoms with E-state index in [0.717, 1.165) is 16.9 Å². The van der Waals surface area contributed by atoms with Gasteiger partial charge in [-0.1, -0.05) is 30.3 Å². The monoisotopic (exact) mass is 337 g/mol. The molecule has 5 heteroatoms. The number of hydrogen-bond acceptors (Lipinski definition) is 4. The number of rotatable bonds is 5. The summed E-state index contributed by atoms with van der Waals surface area (Å²) in [5.41, 5.74) is 2.88. The first-order valence-corrected chi connectivity index (χ1v) is 8.42. The lowest BCUT2D eigenvalue weighted by molar-refractivity contribution is -0.141. The molecule has 1 aliphatic heterocycles. The zero-order chi connectivity index (χ0) is 18.0. The average molecular weight is 337 g/mol. The Bertz CT molecular complexity index is 756. The molecule has 1 N–H and O–H groups in total. The molecule has 2 atom stereocenters. The van der Waals surface area contributed by atoms with Gasteiger partial charge in [-0.2, -0.15) is 0 Å². The van der Waals surface area contributed by atoms with E-state index in [2.05, 4.69) is 5.32 Å². The molecule has 1 fully saturated rings. The first-order chi connectivity index (χ1) is 12.0. The standard InChI is InChI=1S/C20H23N3O2/c1-14(15-7-5-4-6-8-15)23-19(24)13-18(20(23)25)21-16-9-11-17(12-10-16)22(2)3/h4-12,14,18,21H,13H2,1-3H3/t14-,18-/m1/s1. The van der Waals surface area contributed by atoms with Gasteiger partial charge in [-0.05, 0) is 36.8 Å². The zero-order valence-electron chi connectivity index (χ0n) is 14.8. The van der Waals surface area contributed by atoms with E-state index in [1.807, 2.05) is 80.5 Å². The molecule has 0 bridgehead atoms. The fraction of sp³-hybridized carbons (Fsp3) is 0.300. The van der Waals surface area contributed by atoms with E-state index in [1.54, 1.807) is 0 Å². The Hall–Kier alpha value is -2.82. The summed E-state index contributed by atoms with van der Waals surface area (Å²) in [6.07, 6.45) is 0.186. The Morgan fingerprint density at radius 2 is 1.68 bits per heavy atom. The molecule has 1 saturated heterocycles. The minimum atomic E-state index is -0.510. The first-order valence-electron chi connectivity index (χ1n) is 8.42. The summed E-state index contributed by atoms with van der Waals surface area (Å²) < 4.78 is 0. The highest BCUT2D eigenvalue weighted by molar-refractivity contribution is 6.07. The van der Waals surface area contributed by atoms with E-state index in [-0.39, 0.29) is 24.3 Å². The van der Waals surface area contributed by atoms with Crippen molar-refractivity contribution in [2.24, 2.45) is 0 Å². The summed E-state index contributed by atoms with van der Waals surface area (Å²) in [5.74, 6) is -0.304. The maximum atomic E-state index is 12.7. The fourth-order valence-corrected chi connectivity index (χ4v) is 3.11. The van der Waals surface area contributed by atoms with Crippen LogP contribution >= 0.6 is 0 Å². The molecule has 0 spiro atoms. The Morgan fingerprint density at radius 3 is 2.28 bits per heavy atom. The molecule has 1 heterocycles. The predicted molar refractivity (Wildman–Crippen MR) is 99.5 cm³/mol. The van der Waals surface area contributed by atoms with Crippen molar-refractivity contribution in [3.8, 4) is 0 Å². The number of nitrogens with one attached hydrogen (secondary N) is 1. The molecule has 0 saturated carbocycles. The van der Waals surface area contributed by atoms with Gasteiger partial charge in [-0.15, -0.1) is 0 Å². The molecule has 1 aliphatic rings. The Labute approximate surface area is 148 Å². The quantitative estimate of drug-likeness (QED) is 0.852. The second-order valence-corrected chi connectivity index (χ2v) is 6.53. The molecule has 0 aromatic heterocycles. The second-order valence-electron chi connectivity index (χ2n) is 6.53. The SMILES string of the molecule is C[C@H](c1ccccc1)N1C(=O)C[C@@H](Nc2ccc(N(C)C)cc2)C1=O. The van der Waals surface area contributed by atoms with Gasteiger partial charge in [0.15, 0.2) is 0 Å². The third-order valence-electron chi connectivity index (χ3n) is 4.58. The molecule has 0 unspecified atom stereocenters. The van der Waals surface area contributed by atoms with Gasteiger partial charge in [0, 0.05) is 25.5 Å². The summed E-state index contributed by atoms with van der Waals surface area (Å²) in [5, 5.41) is 3.19. The lowest BCUT2D eigenvalue weighted by Crippen LogP contribution is -2.36. The molecule has 130 valence electrons. The van der Waals surface area contributed by atoms with Crippen LogP contribution in [0.15, 0.2) is 54.6 Å². The predicted octanol–water partition coefficient (Wildman–Crippen LogP) is 3.05. The molecular weight excluding hydrogens is 314 g/mol. The van der Waals surface area contributed by atoms with Crippen LogP contribution in [-0.2, 0) is 9.59 Å². The van der Waals surface area contributed by atoms with E-state index in [0.29, 0.717) is 0 Å². The lowest BCUT2D eigenvalue weighted by atomic mass is 10.1. The Morgan fingerprint density at radius 1 is 1.04 bits per heavy atom. The van der Waals surface area contributed by atoms with Crippen LogP contribution in [0.25, 0.3) is 0 Å². The third-order valence-corrected chi connectivity index (χ3v) is 4.58. The van der Waals surface area contributed by atoms with E-state index < -0.39 is 6.04 Å². The highest BCUT2D eigenvalue weighted by atomic mass is 16.2. The summed E-state index contributed by atoms with van der Waals surface area (Å²) in [6, 6.07) is 16.7. The number of imide groups is 1. The summed E-state index contributed by atoms with van der Waals surface area (Å²) in [6.45, 7) is 1.89. The van der Waals surface area contributed by atoms with Gasteiger partial charge in [0.05, 0.1) is 12.5 Å². The van der Waals surface area contributed by atoms with Crippen molar-refractivity contribution in [3.05, 3.63) is 60.2 Å². The molecule has 2 aromatic rings. The lowest BCUT2D eigenvalue weighted by Gasteiger charge is -2.23. The summed E-state index contributed by atoms with van der Waals surface area (Å²) in [4.78, 5) is 28.5. The molecule has 5 nitrogen and oxygen atoms in total. The fourth-order valence-electron chi connectivity index (χ4n) is 3.11. The number of likely N-dealkylation sites (tertiary alicyclic amines) is 1. The third kappa shape index (κ3) is 3.50. The van der Waals surface area contributed by atoms with Gasteiger partial charge in [0.1, 0.15) is 6.04 Å². The van der Waals surface area contributed by atoms with Crippen LogP contribution in [0.4, 0.5) is 11.4 Å². The molecular formula is C20H23N3O2. The van der Waals surface area contributed by atoms with Gasteiger partial charge in [-0.3, -0.25) is 14.5 Å². The van der Waals surface area contributed by atoms with Crippen LogP contribution in [0.2, 0.25) is 0 Å². The van der Waals surface area contributed by atoms with Gasteiger partial charge < -0.3 is 10.2 Å². The van der Waals surface area contributed by atoms with Crippen molar-refractivity contribution in [2.45, 2.75) is 25.4 Å². The van der Waals surface area contributed by atoms with Gasteiger partial charge in [0.2, 0.25) is 5.91 Å². The van der Waals surface area contributed by atoms with Crippen molar-refractivity contribution >= 4 is 23.2 Å². The summed E-state index contributed by atoms with van der Waals surface area (Å²) >= 11 is 0. The van der Waals surface area contributed by atoms with E-state index in [1.165, 1.54) is 4.90 Å². The summed E-state index contributed by atoms with van der Waals surface area (Å²) in [7, 11) is 3.95. The molecule has 0 radical (unpaired) electrons. The highest BCUT2D eigenvalue weighted by Crippen LogP contribution is 2.28. The smallest absolute Gasteiger partial charge is 0.252 e. The molecule has 2 amide bonds. The van der Waals surface area contributed by atoms with Crippen molar-refractivity contribution in [3.63, 3.8) is 0 Å². The second kappa shape index (κ2) is 6.97. The Balaban J connectivity index is 1.72. The Kier molecular flexibility index (Phi) is 4.74. The van der Waals surface area contributed by atoms with Gasteiger partial charge in [0.25, 0.3) is 5.91 Å². The van der Waals surface area contributed by atoms with Crippen LogP contribution in [0.3, 0.4) is 0 Å². The van der Waals surface area contributed by atoms with Crippen LogP contribution in [0, 0.1) is 0 Å². The molecule has 25 heavy (non-hydrogen) atoms. The van der Waals surface area contributed by atoms with E-state index >= 15 is 0 Å². The van der Waals surface area contributed by atoms with Crippen molar-refractivity contribution in [2.75, 3.05) is 24.3 Å². The van der Waals surface area contributed by atoms with Gasteiger partial charge in [-0.25, -0.2) is 0 Å². The molecule has 0 aliphatic carbocycles. The average Bonchev–Trinajstić information content (AvgIpc) is 2.89. The number of carbonyl (C=O) groups is 2. The van der Waals surface area contributed by atoms with E-state index in [9.17, 15) is 9.59 Å². The van der Waals surface area contributed by atoms with Crippen LogP contribution in [0.5, 0.6) is 0 Å². The number of amides is 2. The van der Waals surface area contributed by atoms with Crippen LogP contribution in [0.1, 0.15) is 24.9 Å². The van der Waals surface area contributed by atoms with Gasteiger partial charge >= 0.3 is 0 Å². The number of anilines is 2. The van der Waals surface area contributed by atoms with Crippen LogP contribution in [-0.4, -0.2) is 36.9 Å². The number of benzene rings is 2. The van der Waals surface area contributed by atoms with Crippen molar-refractivity contribution in [1.29, 1.82) is 0 Å². The maximum Gasteiger partial charge on any atom is 0.252 e.